The molecular weight excluding hydrogens is 195 g/mol. The van der Waals surface area contributed by atoms with E-state index < -0.39 is 20.4 Å². The molecular formula is C2HF4O4P-2. The number of phosphoric ester groups is 1. The van der Waals surface area contributed by atoms with E-state index in [1.807, 2.05) is 0 Å². The number of phosphoric acid groups is 1. The summed E-state index contributed by atoms with van der Waals surface area (Å²) < 4.78 is 56.8. The summed E-state index contributed by atoms with van der Waals surface area (Å²) in [6.45, 7) is 0. The molecule has 0 spiro atoms. The van der Waals surface area contributed by atoms with Gasteiger partial charge in [0.25, 0.3) is 0 Å². The van der Waals surface area contributed by atoms with Gasteiger partial charge in [0, 0.05) is 0 Å². The summed E-state index contributed by atoms with van der Waals surface area (Å²) >= 11 is 0. The van der Waals surface area contributed by atoms with Crippen molar-refractivity contribution in [3.8, 4) is 0 Å². The van der Waals surface area contributed by atoms with E-state index in [0.29, 0.717) is 0 Å². The first-order chi connectivity index (χ1) is 4.65. The quantitative estimate of drug-likeness (QED) is 0.458. The van der Waals surface area contributed by atoms with Gasteiger partial charge in [-0.1, -0.05) is 0 Å². The lowest BCUT2D eigenvalue weighted by molar-refractivity contribution is -0.378. The molecule has 0 radical (unpaired) electrons. The fourth-order valence-corrected chi connectivity index (χ4v) is 0.567. The van der Waals surface area contributed by atoms with Crippen LogP contribution >= 0.6 is 7.82 Å². The fourth-order valence-electron chi connectivity index (χ4n) is 0.189. The Kier molecular flexibility index (Phi) is 3.01. The molecule has 0 aliphatic carbocycles. The topological polar surface area (TPSA) is 72.4 Å². The molecule has 0 fully saturated rings. The molecule has 0 aromatic carbocycles. The smallest absolute Gasteiger partial charge is 0.420 e. The Hall–Kier alpha value is -0.170. The summed E-state index contributed by atoms with van der Waals surface area (Å²) in [6, 6.07) is 0. The number of hydrogen-bond acceptors (Lipinski definition) is 4. The predicted molar refractivity (Wildman–Crippen MR) is 19.6 cm³/mol. The highest BCUT2D eigenvalue weighted by Gasteiger charge is 2.43. The first kappa shape index (κ1) is 10.8. The maximum Gasteiger partial charge on any atom is 0.420 e. The molecule has 0 atom stereocenters. The molecule has 0 amide bonds. The molecule has 0 unspecified atom stereocenters. The highest BCUT2D eigenvalue weighted by atomic mass is 31.2. The molecule has 4 nitrogen and oxygen atoms in total. The van der Waals surface area contributed by atoms with Crippen molar-refractivity contribution in [2.24, 2.45) is 0 Å². The second kappa shape index (κ2) is 3.06. The first-order valence-corrected chi connectivity index (χ1v) is 3.50. The van der Waals surface area contributed by atoms with Gasteiger partial charge in [-0.2, -0.15) is 8.78 Å². The standard InChI is InChI=1S/C2H3F4O4P/c3-1(4)2(5,6)10-11(7,8)9/h1H,(H2,7,8,9)/p-2. The highest BCUT2D eigenvalue weighted by Crippen LogP contribution is 2.38. The number of halogens is 4. The van der Waals surface area contributed by atoms with Crippen LogP contribution in [0.5, 0.6) is 0 Å². The van der Waals surface area contributed by atoms with Crippen LogP contribution < -0.4 is 9.79 Å². The van der Waals surface area contributed by atoms with E-state index in [1.54, 1.807) is 0 Å². The average molecular weight is 196 g/mol. The Labute approximate surface area is 58.0 Å². The molecule has 0 heterocycles. The molecule has 11 heavy (non-hydrogen) atoms. The summed E-state index contributed by atoms with van der Waals surface area (Å²) in [6.07, 6.45) is -9.59. The van der Waals surface area contributed by atoms with E-state index >= 15 is 0 Å². The number of alkyl halides is 4. The van der Waals surface area contributed by atoms with Gasteiger partial charge in [0.1, 0.15) is 0 Å². The Morgan fingerprint density at radius 3 is 1.82 bits per heavy atom. The average Bonchev–Trinajstić information content (AvgIpc) is 1.56. The molecule has 0 N–H and O–H groups in total. The van der Waals surface area contributed by atoms with E-state index in [2.05, 4.69) is 4.52 Å². The summed E-state index contributed by atoms with van der Waals surface area (Å²) in [5, 5.41) is 0. The second-order valence-electron chi connectivity index (χ2n) is 1.40. The van der Waals surface area contributed by atoms with E-state index in [4.69, 9.17) is 0 Å². The Morgan fingerprint density at radius 1 is 1.36 bits per heavy atom. The van der Waals surface area contributed by atoms with Crippen LogP contribution in [0.15, 0.2) is 0 Å². The Morgan fingerprint density at radius 2 is 1.73 bits per heavy atom. The van der Waals surface area contributed by atoms with Crippen LogP contribution in [0.25, 0.3) is 0 Å². The zero-order chi connectivity index (χ0) is 9.28. The van der Waals surface area contributed by atoms with Crippen molar-refractivity contribution in [1.29, 1.82) is 0 Å². The minimum absolute atomic E-state index is 2.25. The molecule has 0 aromatic heterocycles. The monoisotopic (exact) mass is 196 g/mol. The zero-order valence-electron chi connectivity index (χ0n) is 4.67. The predicted octanol–water partition coefficient (Wildman–Crippen LogP) is -0.310. The molecule has 0 rings (SSSR count). The van der Waals surface area contributed by atoms with Gasteiger partial charge in [-0.25, -0.2) is 8.78 Å². The van der Waals surface area contributed by atoms with Gasteiger partial charge in [0.2, 0.25) is 0 Å². The van der Waals surface area contributed by atoms with Crippen LogP contribution in [0.1, 0.15) is 0 Å². The summed E-state index contributed by atoms with van der Waals surface area (Å²) in [4.78, 5) is 18.8. The highest BCUT2D eigenvalue weighted by molar-refractivity contribution is 7.43. The van der Waals surface area contributed by atoms with E-state index in [-0.39, 0.29) is 0 Å². The SMILES string of the molecule is O=P([O-])([O-])OC(F)(F)C(F)F. The van der Waals surface area contributed by atoms with E-state index in [0.717, 1.165) is 0 Å². The van der Waals surface area contributed by atoms with Crippen molar-refractivity contribution in [3.63, 3.8) is 0 Å². The van der Waals surface area contributed by atoms with Crippen molar-refractivity contribution in [2.75, 3.05) is 0 Å². The number of rotatable bonds is 3. The molecule has 0 aliphatic rings. The lowest BCUT2D eigenvalue weighted by Gasteiger charge is -2.32. The lowest BCUT2D eigenvalue weighted by Crippen LogP contribution is -2.33. The Bertz CT molecular complexity index is 175. The van der Waals surface area contributed by atoms with Gasteiger partial charge in [0.15, 0.2) is 0 Å². The van der Waals surface area contributed by atoms with Gasteiger partial charge in [-0.3, -0.25) is 4.52 Å². The van der Waals surface area contributed by atoms with Crippen LogP contribution in [-0.4, -0.2) is 12.5 Å². The molecule has 9 heteroatoms. The molecule has 0 bridgehead atoms. The van der Waals surface area contributed by atoms with Crippen molar-refractivity contribution in [3.05, 3.63) is 0 Å². The van der Waals surface area contributed by atoms with Gasteiger partial charge >= 0.3 is 12.5 Å². The van der Waals surface area contributed by atoms with Gasteiger partial charge in [0.05, 0.1) is 7.82 Å². The van der Waals surface area contributed by atoms with Crippen LogP contribution in [0.2, 0.25) is 0 Å². The molecule has 0 saturated heterocycles. The Balaban J connectivity index is 4.25. The minimum Gasteiger partial charge on any atom is -0.790 e. The van der Waals surface area contributed by atoms with Crippen molar-refractivity contribution in [2.45, 2.75) is 12.5 Å². The first-order valence-electron chi connectivity index (χ1n) is 2.04. The van der Waals surface area contributed by atoms with Crippen LogP contribution in [-0.2, 0) is 9.09 Å². The van der Waals surface area contributed by atoms with Crippen molar-refractivity contribution >= 4 is 7.82 Å². The van der Waals surface area contributed by atoms with Gasteiger partial charge in [-0.15, -0.1) is 0 Å². The maximum absolute atomic E-state index is 11.5. The van der Waals surface area contributed by atoms with Gasteiger partial charge < -0.3 is 14.4 Å². The molecule has 0 aromatic rings. The van der Waals surface area contributed by atoms with Crippen LogP contribution in [0, 0.1) is 0 Å². The normalized spacial score (nSPS) is 14.1. The molecule has 0 aliphatic heterocycles. The molecule has 0 saturated carbocycles. The summed E-state index contributed by atoms with van der Waals surface area (Å²) in [7, 11) is -6.07. The number of hydrogen-bond donors (Lipinski definition) is 0. The largest absolute Gasteiger partial charge is 0.790 e. The van der Waals surface area contributed by atoms with E-state index in [1.165, 1.54) is 0 Å². The van der Waals surface area contributed by atoms with Crippen molar-refractivity contribution in [1.82, 2.24) is 0 Å². The van der Waals surface area contributed by atoms with Gasteiger partial charge in [-0.05, 0) is 0 Å². The molecule has 68 valence electrons. The third-order valence-electron chi connectivity index (χ3n) is 0.488. The summed E-state index contributed by atoms with van der Waals surface area (Å²) in [5.41, 5.74) is 0. The van der Waals surface area contributed by atoms with E-state index in [9.17, 15) is 31.9 Å². The van der Waals surface area contributed by atoms with Crippen molar-refractivity contribution < 1.29 is 36.4 Å². The minimum atomic E-state index is -6.07. The third-order valence-corrected chi connectivity index (χ3v) is 0.955. The van der Waals surface area contributed by atoms with Crippen LogP contribution in [0.3, 0.4) is 0 Å². The van der Waals surface area contributed by atoms with Crippen LogP contribution in [0.4, 0.5) is 17.6 Å². The third kappa shape index (κ3) is 4.31. The summed E-state index contributed by atoms with van der Waals surface area (Å²) in [5.74, 6) is 0. The second-order valence-corrected chi connectivity index (χ2v) is 2.48. The lowest BCUT2D eigenvalue weighted by atomic mass is 10.7. The zero-order valence-corrected chi connectivity index (χ0v) is 5.56. The maximum atomic E-state index is 11.5. The fraction of sp³-hybridized carbons (Fsp3) is 1.00.